The Balaban J connectivity index is 2.01. The van der Waals surface area contributed by atoms with Crippen molar-refractivity contribution in [1.82, 2.24) is 9.78 Å². The molecule has 1 fully saturated rings. The summed E-state index contributed by atoms with van der Waals surface area (Å²) in [7, 11) is 1.51. The Hall–Kier alpha value is -2.55. The van der Waals surface area contributed by atoms with Crippen molar-refractivity contribution in [1.29, 1.82) is 0 Å². The van der Waals surface area contributed by atoms with Gasteiger partial charge in [-0.15, -0.1) is 0 Å². The number of hydrogen-bond donors (Lipinski definition) is 1. The van der Waals surface area contributed by atoms with E-state index in [2.05, 4.69) is 5.10 Å². The quantitative estimate of drug-likeness (QED) is 0.858. The van der Waals surface area contributed by atoms with E-state index in [9.17, 15) is 23.1 Å². The molecule has 1 saturated heterocycles. The number of benzene rings is 1. The van der Waals surface area contributed by atoms with Gasteiger partial charge in [0.25, 0.3) is 5.56 Å². The normalized spacial score (nSPS) is 17.4. The van der Waals surface area contributed by atoms with Gasteiger partial charge >= 0.3 is 6.18 Å². The lowest BCUT2D eigenvalue weighted by atomic mass is 10.1. The summed E-state index contributed by atoms with van der Waals surface area (Å²) in [5.41, 5.74) is -2.08. The number of hydrogen-bond acceptors (Lipinski definition) is 5. The number of halogens is 3. The van der Waals surface area contributed by atoms with Gasteiger partial charge in [0.2, 0.25) is 0 Å². The van der Waals surface area contributed by atoms with Crippen LogP contribution in [0.3, 0.4) is 0 Å². The van der Waals surface area contributed by atoms with E-state index in [1.54, 1.807) is 24.3 Å². The van der Waals surface area contributed by atoms with E-state index in [0.717, 1.165) is 10.9 Å². The van der Waals surface area contributed by atoms with Gasteiger partial charge in [-0.1, -0.05) is 12.1 Å². The minimum atomic E-state index is -4.82. The second-order valence-corrected chi connectivity index (χ2v) is 6.39. The first kappa shape index (κ1) is 19.2. The first-order valence-electron chi connectivity index (χ1n) is 8.53. The minimum Gasteiger partial charge on any atom is -0.497 e. The van der Waals surface area contributed by atoms with E-state index in [-0.39, 0.29) is 18.8 Å². The minimum absolute atomic E-state index is 0.0877. The van der Waals surface area contributed by atoms with E-state index in [1.165, 1.54) is 12.0 Å². The molecule has 1 N–H and O–H groups in total. The van der Waals surface area contributed by atoms with Crippen LogP contribution < -0.4 is 15.2 Å². The van der Waals surface area contributed by atoms with Gasteiger partial charge in [0.1, 0.15) is 11.3 Å². The van der Waals surface area contributed by atoms with Crippen molar-refractivity contribution in [2.24, 2.45) is 0 Å². The van der Waals surface area contributed by atoms with Crippen molar-refractivity contribution in [3.8, 4) is 5.75 Å². The Morgan fingerprint density at radius 2 is 2.00 bits per heavy atom. The fourth-order valence-corrected chi connectivity index (χ4v) is 3.32. The molecule has 0 spiro atoms. The van der Waals surface area contributed by atoms with Gasteiger partial charge in [-0.3, -0.25) is 4.79 Å². The number of nitrogens with zero attached hydrogens (tertiary/aromatic N) is 3. The third-order valence-electron chi connectivity index (χ3n) is 4.70. The molecule has 0 amide bonds. The monoisotopic (exact) mass is 383 g/mol. The lowest BCUT2D eigenvalue weighted by Crippen LogP contribution is -2.38. The van der Waals surface area contributed by atoms with Crippen LogP contribution in [0.5, 0.6) is 5.75 Å². The second kappa shape index (κ2) is 7.59. The molecular formula is C18H20F3N3O3. The molecule has 1 aromatic heterocycles. The molecule has 0 aliphatic carbocycles. The number of anilines is 1. The van der Waals surface area contributed by atoms with Gasteiger partial charge in [0.05, 0.1) is 38.2 Å². The molecule has 6 nitrogen and oxygen atoms in total. The summed E-state index contributed by atoms with van der Waals surface area (Å²) in [6.07, 6.45) is -2.53. The number of rotatable bonds is 5. The fourth-order valence-electron chi connectivity index (χ4n) is 3.32. The Bertz CT molecular complexity index is 850. The summed E-state index contributed by atoms with van der Waals surface area (Å²) in [4.78, 5) is 14.0. The Morgan fingerprint density at radius 3 is 2.59 bits per heavy atom. The van der Waals surface area contributed by atoms with Crippen LogP contribution in [0.15, 0.2) is 35.3 Å². The highest BCUT2D eigenvalue weighted by atomic mass is 19.4. The fraction of sp³-hybridized carbons (Fsp3) is 0.444. The smallest absolute Gasteiger partial charge is 0.423 e. The number of aliphatic hydroxyl groups excluding tert-OH is 1. The number of ether oxygens (including phenoxy) is 1. The molecule has 9 heteroatoms. The van der Waals surface area contributed by atoms with Gasteiger partial charge < -0.3 is 14.7 Å². The molecule has 0 bridgehead atoms. The second-order valence-electron chi connectivity index (χ2n) is 6.39. The average molecular weight is 383 g/mol. The van der Waals surface area contributed by atoms with Gasteiger partial charge in [0, 0.05) is 6.54 Å². The molecular weight excluding hydrogens is 363 g/mol. The van der Waals surface area contributed by atoms with Crippen LogP contribution in [0.2, 0.25) is 0 Å². The SMILES string of the molecule is COc1ccc(Cn2ncc(N3CCC[C@H]3CO)c(C(F)(F)F)c2=O)cc1. The van der Waals surface area contributed by atoms with Gasteiger partial charge in [0.15, 0.2) is 0 Å². The molecule has 1 atom stereocenters. The molecule has 0 saturated carbocycles. The van der Waals surface area contributed by atoms with Crippen LogP contribution in [-0.2, 0) is 12.7 Å². The van der Waals surface area contributed by atoms with Crippen LogP contribution in [0, 0.1) is 0 Å². The number of alkyl halides is 3. The average Bonchev–Trinajstić information content (AvgIpc) is 3.11. The summed E-state index contributed by atoms with van der Waals surface area (Å²) in [5.74, 6) is 0.606. The first-order valence-corrected chi connectivity index (χ1v) is 8.53. The summed E-state index contributed by atoms with van der Waals surface area (Å²) in [6.45, 7) is -0.0141. The zero-order valence-corrected chi connectivity index (χ0v) is 14.7. The van der Waals surface area contributed by atoms with Gasteiger partial charge in [-0.25, -0.2) is 4.68 Å². The third kappa shape index (κ3) is 3.92. The largest absolute Gasteiger partial charge is 0.497 e. The van der Waals surface area contributed by atoms with Crippen molar-refractivity contribution < 1.29 is 23.0 Å². The summed E-state index contributed by atoms with van der Waals surface area (Å²) in [5, 5.41) is 13.4. The molecule has 0 unspecified atom stereocenters. The standard InChI is InChI=1S/C18H20F3N3O3/c1-27-14-6-4-12(5-7-14)10-24-17(26)16(18(19,20)21)15(9-22-24)23-8-2-3-13(23)11-25/h4-7,9,13,25H,2-3,8,10-11H2,1H3/t13-/m0/s1. The molecule has 1 aromatic carbocycles. The molecule has 2 heterocycles. The summed E-state index contributed by atoms with van der Waals surface area (Å²) in [6, 6.07) is 6.21. The van der Waals surface area contributed by atoms with E-state index in [1.807, 2.05) is 0 Å². The van der Waals surface area contributed by atoms with Crippen molar-refractivity contribution in [3.63, 3.8) is 0 Å². The van der Waals surface area contributed by atoms with Gasteiger partial charge in [-0.05, 0) is 30.5 Å². The lowest BCUT2D eigenvalue weighted by molar-refractivity contribution is -0.138. The molecule has 0 radical (unpaired) electrons. The maximum Gasteiger partial charge on any atom is 0.423 e. The molecule has 27 heavy (non-hydrogen) atoms. The van der Waals surface area contributed by atoms with E-state index in [4.69, 9.17) is 4.74 Å². The highest BCUT2D eigenvalue weighted by Crippen LogP contribution is 2.36. The maximum absolute atomic E-state index is 13.7. The lowest BCUT2D eigenvalue weighted by Gasteiger charge is -2.27. The van der Waals surface area contributed by atoms with E-state index < -0.39 is 23.3 Å². The van der Waals surface area contributed by atoms with Crippen LogP contribution in [0.1, 0.15) is 24.0 Å². The van der Waals surface area contributed by atoms with Crippen LogP contribution in [-0.4, -0.2) is 41.2 Å². The number of methoxy groups -OCH3 is 1. The zero-order valence-electron chi connectivity index (χ0n) is 14.7. The maximum atomic E-state index is 13.7. The van der Waals surface area contributed by atoms with Crippen molar-refractivity contribution >= 4 is 5.69 Å². The van der Waals surface area contributed by atoms with Gasteiger partial charge in [-0.2, -0.15) is 18.3 Å². The Labute approximate surface area is 153 Å². The zero-order chi connectivity index (χ0) is 19.6. The predicted octanol–water partition coefficient (Wildman–Crippen LogP) is 2.28. The van der Waals surface area contributed by atoms with E-state index in [0.29, 0.717) is 30.7 Å². The Morgan fingerprint density at radius 1 is 1.30 bits per heavy atom. The predicted molar refractivity (Wildman–Crippen MR) is 93.0 cm³/mol. The van der Waals surface area contributed by atoms with Crippen molar-refractivity contribution in [2.45, 2.75) is 31.6 Å². The number of aromatic nitrogens is 2. The topological polar surface area (TPSA) is 67.6 Å². The summed E-state index contributed by atoms with van der Waals surface area (Å²) < 4.78 is 46.8. The molecule has 1 aliphatic rings. The highest BCUT2D eigenvalue weighted by molar-refractivity contribution is 5.54. The van der Waals surface area contributed by atoms with Crippen molar-refractivity contribution in [2.75, 3.05) is 25.2 Å². The van der Waals surface area contributed by atoms with Crippen molar-refractivity contribution in [3.05, 3.63) is 51.9 Å². The summed E-state index contributed by atoms with van der Waals surface area (Å²) >= 11 is 0. The highest BCUT2D eigenvalue weighted by Gasteiger charge is 2.41. The van der Waals surface area contributed by atoms with Crippen LogP contribution in [0.25, 0.3) is 0 Å². The molecule has 146 valence electrons. The van der Waals surface area contributed by atoms with Crippen LogP contribution in [0.4, 0.5) is 18.9 Å². The first-order chi connectivity index (χ1) is 12.8. The van der Waals surface area contributed by atoms with Crippen LogP contribution >= 0.6 is 0 Å². The Kier molecular flexibility index (Phi) is 5.41. The third-order valence-corrected chi connectivity index (χ3v) is 4.70. The molecule has 2 aromatic rings. The van der Waals surface area contributed by atoms with E-state index >= 15 is 0 Å². The molecule has 3 rings (SSSR count). The number of aliphatic hydroxyl groups is 1. The molecule has 1 aliphatic heterocycles.